The molecule has 1 aliphatic carbocycles. The van der Waals surface area contributed by atoms with Crippen LogP contribution in [0.1, 0.15) is 32.1 Å². The van der Waals surface area contributed by atoms with E-state index in [0.717, 1.165) is 19.3 Å². The zero-order chi connectivity index (χ0) is 8.32. The molecule has 1 rings (SSSR count). The number of hydrogen-bond acceptors (Lipinski definition) is 3. The van der Waals surface area contributed by atoms with Gasteiger partial charge in [0, 0.05) is 0 Å². The van der Waals surface area contributed by atoms with Gasteiger partial charge in [-0.15, -0.1) is 0 Å². The molecule has 11 heavy (non-hydrogen) atoms. The van der Waals surface area contributed by atoms with Crippen LogP contribution >= 0.6 is 0 Å². The van der Waals surface area contributed by atoms with Crippen molar-refractivity contribution in [1.82, 2.24) is 0 Å². The number of nitrogens with two attached hydrogens (primary N) is 1. The first-order valence-corrected chi connectivity index (χ1v) is 3.89. The molecule has 1 saturated carbocycles. The van der Waals surface area contributed by atoms with E-state index in [1.165, 1.54) is 0 Å². The highest BCUT2D eigenvalue weighted by Crippen LogP contribution is 2.26. The van der Waals surface area contributed by atoms with Gasteiger partial charge >= 0.3 is 5.97 Å². The van der Waals surface area contributed by atoms with Crippen molar-refractivity contribution in [2.24, 2.45) is 5.73 Å². The van der Waals surface area contributed by atoms with E-state index in [1.54, 1.807) is 0 Å². The van der Waals surface area contributed by atoms with E-state index in [4.69, 9.17) is 12.8 Å². The molecule has 0 aliphatic heterocycles. The summed E-state index contributed by atoms with van der Waals surface area (Å²) in [5.41, 5.74) is 4.96. The number of carbonyl (C=O) groups excluding carboxylic acids is 1. The molecular formula is C8H13NO2. The van der Waals surface area contributed by atoms with Gasteiger partial charge in [0.2, 0.25) is 0 Å². The fraction of sp³-hybridized carbons (Fsp3) is 0.750. The summed E-state index contributed by atoms with van der Waals surface area (Å²) in [4.78, 5) is 11.0. The molecule has 0 aromatic heterocycles. The lowest BCUT2D eigenvalue weighted by molar-refractivity contribution is -0.146. The summed E-state index contributed by atoms with van der Waals surface area (Å²) in [7, 11) is 4.76. The summed E-state index contributed by atoms with van der Waals surface area (Å²) in [6.45, 7) is 0. The molecule has 0 aromatic rings. The van der Waals surface area contributed by atoms with Gasteiger partial charge in [0.15, 0.2) is 7.11 Å². The first kappa shape index (κ1) is 8.53. The molecule has 0 heterocycles. The summed E-state index contributed by atoms with van der Waals surface area (Å²) >= 11 is 0. The van der Waals surface area contributed by atoms with Crippen LogP contribution in [-0.4, -0.2) is 11.5 Å². The van der Waals surface area contributed by atoms with Crippen molar-refractivity contribution in [3.05, 3.63) is 7.11 Å². The molecule has 2 radical (unpaired) electrons. The number of esters is 1. The Morgan fingerprint density at radius 2 is 1.91 bits per heavy atom. The molecule has 3 heteroatoms. The van der Waals surface area contributed by atoms with Gasteiger partial charge in [-0.05, 0) is 12.8 Å². The Bertz CT molecular complexity index is 150. The molecule has 0 saturated heterocycles. The molecule has 0 amide bonds. The van der Waals surface area contributed by atoms with E-state index in [2.05, 4.69) is 4.74 Å². The van der Waals surface area contributed by atoms with Crippen LogP contribution < -0.4 is 5.73 Å². The average molecular weight is 155 g/mol. The molecule has 62 valence electrons. The Kier molecular flexibility index (Phi) is 2.49. The lowest BCUT2D eigenvalue weighted by Gasteiger charge is -2.29. The Balaban J connectivity index is 2.56. The smallest absolute Gasteiger partial charge is 0.326 e. The lowest BCUT2D eigenvalue weighted by Crippen LogP contribution is -2.49. The van der Waals surface area contributed by atoms with Gasteiger partial charge in [-0.25, -0.2) is 0 Å². The maximum absolute atomic E-state index is 11.0. The molecule has 3 nitrogen and oxygen atoms in total. The zero-order valence-corrected chi connectivity index (χ0v) is 6.51. The molecule has 0 unspecified atom stereocenters. The van der Waals surface area contributed by atoms with Crippen molar-refractivity contribution < 1.29 is 9.53 Å². The third-order valence-corrected chi connectivity index (χ3v) is 2.26. The normalized spacial score (nSPS) is 22.7. The second-order valence-electron chi connectivity index (χ2n) is 3.12. The predicted octanol–water partition coefficient (Wildman–Crippen LogP) is 0.860. The summed E-state index contributed by atoms with van der Waals surface area (Å²) in [6.07, 6.45) is 4.53. The van der Waals surface area contributed by atoms with Crippen molar-refractivity contribution >= 4 is 5.97 Å². The molecule has 0 bridgehead atoms. The van der Waals surface area contributed by atoms with E-state index < -0.39 is 11.5 Å². The van der Waals surface area contributed by atoms with Crippen molar-refractivity contribution in [3.8, 4) is 0 Å². The van der Waals surface area contributed by atoms with E-state index >= 15 is 0 Å². The van der Waals surface area contributed by atoms with E-state index in [0.29, 0.717) is 12.8 Å². The Labute approximate surface area is 66.9 Å². The molecular weight excluding hydrogens is 142 g/mol. The summed E-state index contributed by atoms with van der Waals surface area (Å²) in [5.74, 6) is -0.475. The first-order valence-electron chi connectivity index (χ1n) is 3.89. The van der Waals surface area contributed by atoms with Crippen molar-refractivity contribution in [2.75, 3.05) is 0 Å². The molecule has 0 aromatic carbocycles. The third-order valence-electron chi connectivity index (χ3n) is 2.26. The van der Waals surface area contributed by atoms with Crippen LogP contribution in [0.5, 0.6) is 0 Å². The zero-order valence-electron chi connectivity index (χ0n) is 6.51. The second kappa shape index (κ2) is 3.22. The average Bonchev–Trinajstić information content (AvgIpc) is 2.04. The van der Waals surface area contributed by atoms with Crippen LogP contribution in [0.2, 0.25) is 0 Å². The van der Waals surface area contributed by atoms with Crippen LogP contribution in [0.25, 0.3) is 0 Å². The second-order valence-corrected chi connectivity index (χ2v) is 3.12. The molecule has 0 atom stereocenters. The minimum atomic E-state index is -0.799. The SMILES string of the molecule is [CH]OC(=O)C1(N)CCCCC1. The third kappa shape index (κ3) is 1.71. The Morgan fingerprint density at radius 1 is 1.36 bits per heavy atom. The van der Waals surface area contributed by atoms with Crippen LogP contribution in [0.3, 0.4) is 0 Å². The molecule has 0 spiro atoms. The van der Waals surface area contributed by atoms with Crippen molar-refractivity contribution in [3.63, 3.8) is 0 Å². The lowest BCUT2D eigenvalue weighted by atomic mass is 9.83. The van der Waals surface area contributed by atoms with Crippen molar-refractivity contribution in [1.29, 1.82) is 0 Å². The van der Waals surface area contributed by atoms with Gasteiger partial charge in [-0.2, -0.15) is 0 Å². The number of ether oxygens (including phenoxy) is 1. The first-order chi connectivity index (χ1) is 5.19. The van der Waals surface area contributed by atoms with Crippen LogP contribution in [-0.2, 0) is 9.53 Å². The Morgan fingerprint density at radius 3 is 2.36 bits per heavy atom. The van der Waals surface area contributed by atoms with Gasteiger partial charge in [-0.3, -0.25) is 4.79 Å². The van der Waals surface area contributed by atoms with Gasteiger partial charge in [-0.1, -0.05) is 19.3 Å². The van der Waals surface area contributed by atoms with E-state index in [9.17, 15) is 4.79 Å². The predicted molar refractivity (Wildman–Crippen MR) is 40.4 cm³/mol. The minimum absolute atomic E-state index is 0.475. The maximum Gasteiger partial charge on any atom is 0.326 e. The summed E-state index contributed by atoms with van der Waals surface area (Å²) in [5, 5.41) is 0. The maximum atomic E-state index is 11.0. The number of carbonyl (C=O) groups is 1. The number of rotatable bonds is 1. The highest BCUT2D eigenvalue weighted by atomic mass is 16.5. The van der Waals surface area contributed by atoms with Crippen molar-refractivity contribution in [2.45, 2.75) is 37.6 Å². The molecule has 2 N–H and O–H groups in total. The topological polar surface area (TPSA) is 52.3 Å². The van der Waals surface area contributed by atoms with Gasteiger partial charge in [0.1, 0.15) is 5.54 Å². The highest BCUT2D eigenvalue weighted by molar-refractivity contribution is 5.80. The monoisotopic (exact) mass is 155 g/mol. The van der Waals surface area contributed by atoms with Crippen LogP contribution in [0, 0.1) is 7.11 Å². The standard InChI is InChI=1S/C8H13NO2/c1-11-7(10)8(9)5-3-2-4-6-8/h1H,2-6,9H2. The highest BCUT2D eigenvalue weighted by Gasteiger charge is 2.36. The quantitative estimate of drug-likeness (QED) is 0.571. The van der Waals surface area contributed by atoms with E-state index in [-0.39, 0.29) is 0 Å². The fourth-order valence-corrected chi connectivity index (χ4v) is 1.50. The summed E-state index contributed by atoms with van der Waals surface area (Å²) in [6, 6.07) is 0. The van der Waals surface area contributed by atoms with Gasteiger partial charge in [0.25, 0.3) is 0 Å². The van der Waals surface area contributed by atoms with Crippen LogP contribution in [0.15, 0.2) is 0 Å². The largest absolute Gasteiger partial charge is 0.453 e. The summed E-state index contributed by atoms with van der Waals surface area (Å²) < 4.78 is 4.13. The van der Waals surface area contributed by atoms with Crippen LogP contribution in [0.4, 0.5) is 0 Å². The molecule has 1 aliphatic rings. The minimum Gasteiger partial charge on any atom is -0.453 e. The number of hydrogen-bond donors (Lipinski definition) is 1. The molecule has 1 fully saturated rings. The Hall–Kier alpha value is -0.570. The van der Waals surface area contributed by atoms with E-state index in [1.807, 2.05) is 0 Å². The van der Waals surface area contributed by atoms with Gasteiger partial charge < -0.3 is 10.5 Å². The fourth-order valence-electron chi connectivity index (χ4n) is 1.50. The van der Waals surface area contributed by atoms with Gasteiger partial charge in [0.05, 0.1) is 0 Å².